The molecule has 176 valence electrons. The van der Waals surface area contributed by atoms with Gasteiger partial charge >= 0.3 is 0 Å². The van der Waals surface area contributed by atoms with Gasteiger partial charge in [0.2, 0.25) is 5.88 Å². The van der Waals surface area contributed by atoms with Gasteiger partial charge in [0.1, 0.15) is 5.82 Å². The number of nitrogens with zero attached hydrogens (tertiary/aromatic N) is 1. The number of ether oxygens (including phenoxy) is 1. The Bertz CT molecular complexity index is 1210. The van der Waals surface area contributed by atoms with Gasteiger partial charge in [-0.15, -0.1) is 0 Å². The Morgan fingerprint density at radius 2 is 1.68 bits per heavy atom. The molecule has 34 heavy (non-hydrogen) atoms. The number of pyridine rings is 1. The highest BCUT2D eigenvalue weighted by Crippen LogP contribution is 2.44. The summed E-state index contributed by atoms with van der Waals surface area (Å²) in [6.07, 6.45) is 1.64. The molecule has 0 amide bonds. The van der Waals surface area contributed by atoms with Gasteiger partial charge in [0.15, 0.2) is 0 Å². The van der Waals surface area contributed by atoms with Crippen molar-refractivity contribution in [3.8, 4) is 5.88 Å². The number of nitrogens with one attached hydrogen (secondary N) is 1. The molecule has 2 N–H and O–H groups in total. The Kier molecular flexibility index (Phi) is 7.56. The lowest BCUT2D eigenvalue weighted by molar-refractivity contribution is 0.00693. The van der Waals surface area contributed by atoms with Crippen molar-refractivity contribution in [1.82, 2.24) is 10.3 Å². The van der Waals surface area contributed by atoms with Crippen molar-refractivity contribution < 1.29 is 14.2 Å². The number of aliphatic hydroxyl groups is 1. The third-order valence-corrected chi connectivity index (χ3v) is 6.46. The predicted octanol–water partition coefficient (Wildman–Crippen LogP) is 5.49. The molecule has 3 aromatic carbocycles. The number of hydrogen-bond donors (Lipinski definition) is 2. The summed E-state index contributed by atoms with van der Waals surface area (Å²) in [4.78, 5) is 4.77. The predicted molar refractivity (Wildman–Crippen MR) is 135 cm³/mol. The molecule has 2 atom stereocenters. The highest BCUT2D eigenvalue weighted by atomic mass is 19.1. The van der Waals surface area contributed by atoms with Crippen LogP contribution in [0.15, 0.2) is 84.9 Å². The minimum Gasteiger partial charge on any atom is -0.481 e. The van der Waals surface area contributed by atoms with E-state index >= 15 is 0 Å². The average molecular weight is 459 g/mol. The third kappa shape index (κ3) is 5.27. The molecule has 4 aromatic rings. The molecule has 0 radical (unpaired) electrons. The maximum atomic E-state index is 13.4. The van der Waals surface area contributed by atoms with Gasteiger partial charge in [-0.25, -0.2) is 9.37 Å². The highest BCUT2D eigenvalue weighted by Gasteiger charge is 2.40. The van der Waals surface area contributed by atoms with Crippen molar-refractivity contribution in [3.05, 3.63) is 107 Å². The molecular weight excluding hydrogens is 427 g/mol. The number of para-hydroxylation sites is 1. The quantitative estimate of drug-likeness (QED) is 0.330. The summed E-state index contributed by atoms with van der Waals surface area (Å²) in [6, 6.07) is 26.5. The van der Waals surface area contributed by atoms with Crippen LogP contribution >= 0.6 is 0 Å². The van der Waals surface area contributed by atoms with E-state index < -0.39 is 5.60 Å². The number of hydrogen-bond acceptors (Lipinski definition) is 4. The van der Waals surface area contributed by atoms with Crippen LogP contribution in [0.2, 0.25) is 0 Å². The third-order valence-electron chi connectivity index (χ3n) is 6.46. The molecule has 1 aromatic heterocycles. The first kappa shape index (κ1) is 23.9. The summed E-state index contributed by atoms with van der Waals surface area (Å²) in [5.74, 6) is -0.116. The maximum absolute atomic E-state index is 13.4. The highest BCUT2D eigenvalue weighted by molar-refractivity contribution is 5.80. The van der Waals surface area contributed by atoms with Gasteiger partial charge < -0.3 is 15.2 Å². The van der Waals surface area contributed by atoms with E-state index in [0.29, 0.717) is 31.7 Å². The van der Waals surface area contributed by atoms with Crippen LogP contribution in [-0.4, -0.2) is 36.4 Å². The standard InChI is InChI=1S/C29H31FN2O2/c1-31-19-18-29(33,17-16-21-12-14-24(30)15-13-21)27(22-8-4-3-5-9-22)25-20-23-10-6-7-11-26(23)32-28(25)34-2/h3-15,20,27,31,33H,16-19H2,1-2H3. The summed E-state index contributed by atoms with van der Waals surface area (Å²) >= 11 is 0. The molecule has 0 bridgehead atoms. The van der Waals surface area contributed by atoms with Crippen LogP contribution in [-0.2, 0) is 6.42 Å². The topological polar surface area (TPSA) is 54.4 Å². The molecule has 1 heterocycles. The van der Waals surface area contributed by atoms with Gasteiger partial charge in [-0.1, -0.05) is 60.7 Å². The largest absolute Gasteiger partial charge is 0.481 e. The Balaban J connectivity index is 1.83. The van der Waals surface area contributed by atoms with Crippen molar-refractivity contribution in [2.45, 2.75) is 30.8 Å². The molecule has 0 saturated heterocycles. The van der Waals surface area contributed by atoms with Gasteiger partial charge in [0.05, 0.1) is 18.2 Å². The SMILES string of the molecule is CNCCC(O)(CCc1ccc(F)cc1)C(c1ccccc1)c1cc2ccccc2nc1OC. The van der Waals surface area contributed by atoms with Crippen LogP contribution in [0.25, 0.3) is 10.9 Å². The monoisotopic (exact) mass is 458 g/mol. The lowest BCUT2D eigenvalue weighted by Crippen LogP contribution is -2.40. The summed E-state index contributed by atoms with van der Waals surface area (Å²) in [7, 11) is 3.50. The van der Waals surface area contributed by atoms with E-state index in [-0.39, 0.29) is 11.7 Å². The smallest absolute Gasteiger partial charge is 0.217 e. The fraction of sp³-hybridized carbons (Fsp3) is 0.276. The van der Waals surface area contributed by atoms with Crippen molar-refractivity contribution in [1.29, 1.82) is 0 Å². The first-order valence-electron chi connectivity index (χ1n) is 11.6. The Morgan fingerprint density at radius 3 is 2.38 bits per heavy atom. The Hall–Kier alpha value is -3.28. The van der Waals surface area contributed by atoms with E-state index in [1.54, 1.807) is 19.2 Å². The minimum absolute atomic E-state index is 0.261. The van der Waals surface area contributed by atoms with Crippen molar-refractivity contribution in [2.24, 2.45) is 0 Å². The maximum Gasteiger partial charge on any atom is 0.217 e. The molecule has 0 saturated carbocycles. The molecule has 0 fully saturated rings. The summed E-state index contributed by atoms with van der Waals surface area (Å²) in [5, 5.41) is 16.5. The van der Waals surface area contributed by atoms with E-state index in [4.69, 9.17) is 9.72 Å². The number of halogens is 1. The molecule has 0 aliphatic rings. The molecule has 2 unspecified atom stereocenters. The van der Waals surface area contributed by atoms with Crippen LogP contribution < -0.4 is 10.1 Å². The minimum atomic E-state index is -1.10. The van der Waals surface area contributed by atoms with Crippen molar-refractivity contribution in [2.75, 3.05) is 20.7 Å². The lowest BCUT2D eigenvalue weighted by atomic mass is 9.72. The number of fused-ring (bicyclic) bond motifs is 1. The van der Waals surface area contributed by atoms with E-state index in [1.165, 1.54) is 12.1 Å². The fourth-order valence-corrected chi connectivity index (χ4v) is 4.68. The van der Waals surface area contributed by atoms with Crippen LogP contribution in [0.4, 0.5) is 4.39 Å². The first-order chi connectivity index (χ1) is 16.5. The summed E-state index contributed by atoms with van der Waals surface area (Å²) < 4.78 is 19.2. The van der Waals surface area contributed by atoms with E-state index in [1.807, 2.05) is 61.6 Å². The molecule has 5 heteroatoms. The lowest BCUT2D eigenvalue weighted by Gasteiger charge is -2.38. The zero-order valence-electron chi connectivity index (χ0n) is 19.7. The van der Waals surface area contributed by atoms with Crippen LogP contribution in [0.5, 0.6) is 5.88 Å². The van der Waals surface area contributed by atoms with Gasteiger partial charge in [0, 0.05) is 16.9 Å². The van der Waals surface area contributed by atoms with Gasteiger partial charge in [0.25, 0.3) is 0 Å². The fourth-order valence-electron chi connectivity index (χ4n) is 4.68. The Morgan fingerprint density at radius 1 is 0.971 bits per heavy atom. The number of aryl methyl sites for hydroxylation is 1. The Labute approximate surface area is 200 Å². The molecule has 0 aliphatic carbocycles. The van der Waals surface area contributed by atoms with Crippen molar-refractivity contribution >= 4 is 10.9 Å². The van der Waals surface area contributed by atoms with Crippen LogP contribution in [0.1, 0.15) is 35.4 Å². The second-order valence-corrected chi connectivity index (χ2v) is 8.71. The average Bonchev–Trinajstić information content (AvgIpc) is 2.87. The second-order valence-electron chi connectivity index (χ2n) is 8.71. The molecule has 4 rings (SSSR count). The number of aromatic nitrogens is 1. The molecule has 0 aliphatic heterocycles. The number of rotatable bonds is 10. The van der Waals surface area contributed by atoms with Gasteiger partial charge in [-0.3, -0.25) is 0 Å². The van der Waals surface area contributed by atoms with E-state index in [9.17, 15) is 9.50 Å². The zero-order valence-corrected chi connectivity index (χ0v) is 19.7. The normalized spacial score (nSPS) is 14.0. The number of benzene rings is 3. The van der Waals surface area contributed by atoms with Crippen molar-refractivity contribution in [3.63, 3.8) is 0 Å². The van der Waals surface area contributed by atoms with E-state index in [2.05, 4.69) is 11.4 Å². The first-order valence-corrected chi connectivity index (χ1v) is 11.6. The van der Waals surface area contributed by atoms with E-state index in [0.717, 1.165) is 27.6 Å². The summed E-state index contributed by atoms with van der Waals surface area (Å²) in [5.41, 5.74) is 2.58. The molecule has 0 spiro atoms. The van der Waals surface area contributed by atoms with Gasteiger partial charge in [-0.05, 0) is 68.2 Å². The zero-order chi connectivity index (χ0) is 24.0. The van der Waals surface area contributed by atoms with Crippen LogP contribution in [0, 0.1) is 5.82 Å². The number of methoxy groups -OCH3 is 1. The second kappa shape index (κ2) is 10.8. The molecular formula is C29H31FN2O2. The summed E-state index contributed by atoms with van der Waals surface area (Å²) in [6.45, 7) is 0.645. The molecule has 4 nitrogen and oxygen atoms in total. The van der Waals surface area contributed by atoms with Crippen LogP contribution in [0.3, 0.4) is 0 Å². The van der Waals surface area contributed by atoms with Gasteiger partial charge in [-0.2, -0.15) is 0 Å².